The predicted molar refractivity (Wildman–Crippen MR) is 93.4 cm³/mol. The van der Waals surface area contributed by atoms with E-state index in [9.17, 15) is 36.3 Å². The molecule has 14 heteroatoms. The summed E-state index contributed by atoms with van der Waals surface area (Å²) in [7, 11) is -4.40. The number of carbonyl (C=O) groups excluding carboxylic acids is 1. The van der Waals surface area contributed by atoms with Crippen LogP contribution in [0.15, 0.2) is 41.8 Å². The first-order valence-electron chi connectivity index (χ1n) is 8.52. The normalized spacial score (nSPS) is 18.4. The molecule has 162 valence electrons. The molecular formula is C16H16F3N5O5S. The quantitative estimate of drug-likeness (QED) is 0.698. The summed E-state index contributed by atoms with van der Waals surface area (Å²) in [6, 6.07) is 1.19. The number of aromatic nitrogens is 3. The van der Waals surface area contributed by atoms with Gasteiger partial charge < -0.3 is 10.0 Å². The lowest BCUT2D eigenvalue weighted by atomic mass is 10.2. The van der Waals surface area contributed by atoms with E-state index in [2.05, 4.69) is 10.1 Å². The van der Waals surface area contributed by atoms with E-state index in [0.29, 0.717) is 16.4 Å². The number of alkyl halides is 3. The van der Waals surface area contributed by atoms with Gasteiger partial charge in [0.2, 0.25) is 15.9 Å². The molecule has 0 saturated carbocycles. The Hall–Kier alpha value is -3.00. The summed E-state index contributed by atoms with van der Waals surface area (Å²) >= 11 is 0. The molecule has 10 nitrogen and oxygen atoms in total. The van der Waals surface area contributed by atoms with Gasteiger partial charge in [-0.15, -0.1) is 0 Å². The van der Waals surface area contributed by atoms with Gasteiger partial charge in [-0.2, -0.15) is 22.6 Å². The molecule has 1 atom stereocenters. The highest BCUT2D eigenvalue weighted by molar-refractivity contribution is 7.89. The number of aliphatic carboxylic acids is 1. The minimum Gasteiger partial charge on any atom is -0.480 e. The molecule has 0 spiro atoms. The molecule has 1 fully saturated rings. The average molecular weight is 447 g/mol. The predicted octanol–water partition coefficient (Wildman–Crippen LogP) is 0.283. The second kappa shape index (κ2) is 8.02. The Morgan fingerprint density at radius 1 is 1.17 bits per heavy atom. The molecule has 1 amide bonds. The van der Waals surface area contributed by atoms with E-state index in [4.69, 9.17) is 0 Å². The zero-order valence-corrected chi connectivity index (χ0v) is 16.0. The smallest absolute Gasteiger partial charge is 0.416 e. The van der Waals surface area contributed by atoms with Crippen molar-refractivity contribution in [1.29, 1.82) is 0 Å². The van der Waals surface area contributed by atoms with E-state index in [1.54, 1.807) is 0 Å². The number of benzene rings is 1. The molecule has 0 radical (unpaired) electrons. The van der Waals surface area contributed by atoms with E-state index in [1.807, 2.05) is 0 Å². The monoisotopic (exact) mass is 447 g/mol. The lowest BCUT2D eigenvalue weighted by Crippen LogP contribution is -2.59. The molecule has 1 saturated heterocycles. The van der Waals surface area contributed by atoms with Crippen molar-refractivity contribution in [2.75, 3.05) is 19.6 Å². The first kappa shape index (κ1) is 21.7. The average Bonchev–Trinajstić information content (AvgIpc) is 3.20. The summed E-state index contributed by atoms with van der Waals surface area (Å²) in [5, 5.41) is 13.3. The van der Waals surface area contributed by atoms with Crippen molar-refractivity contribution >= 4 is 21.9 Å². The molecule has 30 heavy (non-hydrogen) atoms. The highest BCUT2D eigenvalue weighted by Gasteiger charge is 2.41. The number of carboxylic acids is 1. The minimum atomic E-state index is -4.64. The zero-order valence-electron chi connectivity index (χ0n) is 15.2. The third kappa shape index (κ3) is 4.43. The maximum Gasteiger partial charge on any atom is 0.416 e. The molecule has 1 N–H and O–H groups in total. The Labute approximate surface area is 168 Å². The first-order valence-corrected chi connectivity index (χ1v) is 9.96. The second-order valence-corrected chi connectivity index (χ2v) is 8.32. The molecule has 2 heterocycles. The lowest BCUT2D eigenvalue weighted by molar-refractivity contribution is -0.146. The molecule has 1 aromatic carbocycles. The fourth-order valence-corrected chi connectivity index (χ4v) is 4.55. The van der Waals surface area contributed by atoms with E-state index in [1.165, 1.54) is 22.2 Å². The number of halogens is 3. The number of amides is 1. The van der Waals surface area contributed by atoms with Crippen LogP contribution < -0.4 is 0 Å². The summed E-state index contributed by atoms with van der Waals surface area (Å²) in [5.41, 5.74) is -1.03. The van der Waals surface area contributed by atoms with Crippen molar-refractivity contribution < 1.29 is 36.3 Å². The van der Waals surface area contributed by atoms with Crippen molar-refractivity contribution in [3.63, 3.8) is 0 Å². The highest BCUT2D eigenvalue weighted by atomic mass is 32.2. The number of nitrogens with zero attached hydrogens (tertiary/aromatic N) is 5. The Bertz CT molecular complexity index is 1020. The van der Waals surface area contributed by atoms with Crippen LogP contribution in [0.3, 0.4) is 0 Å². The van der Waals surface area contributed by atoms with Crippen LogP contribution in [0.25, 0.3) is 0 Å². The largest absolute Gasteiger partial charge is 0.480 e. The van der Waals surface area contributed by atoms with Crippen LogP contribution in [-0.4, -0.2) is 75.0 Å². The Morgan fingerprint density at radius 2 is 1.83 bits per heavy atom. The van der Waals surface area contributed by atoms with E-state index in [0.717, 1.165) is 12.1 Å². The molecule has 0 aliphatic carbocycles. The summed E-state index contributed by atoms with van der Waals surface area (Å²) in [5.74, 6) is -1.96. The van der Waals surface area contributed by atoms with Crippen LogP contribution in [0, 0.1) is 0 Å². The van der Waals surface area contributed by atoms with Gasteiger partial charge >= 0.3 is 12.1 Å². The molecule has 1 aliphatic rings. The summed E-state index contributed by atoms with van der Waals surface area (Å²) in [4.78, 5) is 28.5. The van der Waals surface area contributed by atoms with E-state index in [-0.39, 0.29) is 19.6 Å². The van der Waals surface area contributed by atoms with Gasteiger partial charge in [-0.05, 0) is 24.3 Å². The molecule has 1 aromatic heterocycles. The number of hydrogen-bond donors (Lipinski definition) is 1. The fraction of sp³-hybridized carbons (Fsp3) is 0.375. The summed E-state index contributed by atoms with van der Waals surface area (Å²) in [6.07, 6.45) is -2.11. The van der Waals surface area contributed by atoms with Gasteiger partial charge in [-0.1, -0.05) is 0 Å². The van der Waals surface area contributed by atoms with E-state index < -0.39 is 51.1 Å². The number of hydrogen-bond acceptors (Lipinski definition) is 6. The van der Waals surface area contributed by atoms with Crippen molar-refractivity contribution in [3.05, 3.63) is 42.5 Å². The van der Waals surface area contributed by atoms with Crippen LogP contribution in [0.2, 0.25) is 0 Å². The molecule has 2 aromatic rings. The van der Waals surface area contributed by atoms with Crippen LogP contribution in [0.1, 0.15) is 5.56 Å². The number of carbonyl (C=O) groups is 2. The second-order valence-electron chi connectivity index (χ2n) is 6.42. The number of sulfonamides is 1. The van der Waals surface area contributed by atoms with Crippen molar-refractivity contribution in [1.82, 2.24) is 24.0 Å². The highest BCUT2D eigenvalue weighted by Crippen LogP contribution is 2.30. The number of rotatable bonds is 5. The standard InChI is InChI=1S/C16H16F3N5O5S/c17-16(18,19)11-1-3-12(4-2-11)30(28,29)24-6-5-22(7-13(24)15(26)27)14(25)8-23-10-20-9-21-23/h1-4,9-10,13H,5-8H2,(H,26,27)/t13-/m1/s1. The third-order valence-corrected chi connectivity index (χ3v) is 6.44. The third-order valence-electron chi connectivity index (χ3n) is 4.52. The fourth-order valence-electron chi connectivity index (χ4n) is 2.99. The van der Waals surface area contributed by atoms with Gasteiger partial charge in [-0.25, -0.2) is 18.1 Å². The van der Waals surface area contributed by atoms with Gasteiger partial charge in [0, 0.05) is 19.6 Å². The molecule has 3 rings (SSSR count). The summed E-state index contributed by atoms with van der Waals surface area (Å²) in [6.45, 7) is -1.03. The van der Waals surface area contributed by atoms with Crippen LogP contribution in [-0.2, 0) is 32.3 Å². The van der Waals surface area contributed by atoms with Gasteiger partial charge in [0.15, 0.2) is 0 Å². The SMILES string of the molecule is O=C(O)[C@H]1CN(C(=O)Cn2cncn2)CCN1S(=O)(=O)c1ccc(C(F)(F)F)cc1. The molecular weight excluding hydrogens is 431 g/mol. The molecule has 0 unspecified atom stereocenters. The maximum atomic E-state index is 12.9. The van der Waals surface area contributed by atoms with E-state index >= 15 is 0 Å². The van der Waals surface area contributed by atoms with Crippen LogP contribution in [0.5, 0.6) is 0 Å². The van der Waals surface area contributed by atoms with Crippen molar-refractivity contribution in [2.24, 2.45) is 0 Å². The van der Waals surface area contributed by atoms with Gasteiger partial charge in [0.25, 0.3) is 0 Å². The van der Waals surface area contributed by atoms with Gasteiger partial charge in [0.1, 0.15) is 25.2 Å². The number of piperazine rings is 1. The van der Waals surface area contributed by atoms with Crippen molar-refractivity contribution in [3.8, 4) is 0 Å². The maximum absolute atomic E-state index is 12.9. The topological polar surface area (TPSA) is 126 Å². The lowest BCUT2D eigenvalue weighted by Gasteiger charge is -2.38. The minimum absolute atomic E-state index is 0.0861. The molecule has 1 aliphatic heterocycles. The zero-order chi connectivity index (χ0) is 22.1. The van der Waals surface area contributed by atoms with Crippen molar-refractivity contribution in [2.45, 2.75) is 23.7 Å². The van der Waals surface area contributed by atoms with Crippen LogP contribution in [0.4, 0.5) is 13.2 Å². The van der Waals surface area contributed by atoms with Gasteiger partial charge in [-0.3, -0.25) is 9.59 Å². The molecule has 0 bridgehead atoms. The number of carboxylic acid groups (broad SMARTS) is 1. The summed E-state index contributed by atoms with van der Waals surface area (Å²) < 4.78 is 65.7. The Morgan fingerprint density at radius 3 is 2.37 bits per heavy atom. The Balaban J connectivity index is 1.79. The van der Waals surface area contributed by atoms with Gasteiger partial charge in [0.05, 0.1) is 10.5 Å². The Kier molecular flexibility index (Phi) is 5.81. The van der Waals surface area contributed by atoms with Crippen LogP contribution >= 0.6 is 0 Å². The first-order chi connectivity index (χ1) is 14.0.